The van der Waals surface area contributed by atoms with Crippen LogP contribution in [0, 0.1) is 0 Å². The van der Waals surface area contributed by atoms with Crippen molar-refractivity contribution in [1.29, 1.82) is 0 Å². The molecule has 0 N–H and O–H groups in total. The summed E-state index contributed by atoms with van der Waals surface area (Å²) >= 11 is 0. The van der Waals surface area contributed by atoms with E-state index < -0.39 is 16.6 Å². The third-order valence-corrected chi connectivity index (χ3v) is 16.7. The van der Waals surface area contributed by atoms with Crippen LogP contribution < -0.4 is 0 Å². The molecule has 0 fully saturated rings. The largest absolute Gasteiger partial charge is 0.417 e. The van der Waals surface area contributed by atoms with E-state index in [1.54, 1.807) is 0 Å². The predicted molar refractivity (Wildman–Crippen MR) is 142 cm³/mol. The molecule has 0 aliphatic rings. The highest BCUT2D eigenvalue weighted by Crippen LogP contribution is 2.38. The van der Waals surface area contributed by atoms with Crippen LogP contribution >= 0.6 is 0 Å². The smallest absolute Gasteiger partial charge is 0.192 e. The number of unbranched alkanes of at least 4 members (excludes halogenated alkanes) is 7. The summed E-state index contributed by atoms with van der Waals surface area (Å²) in [6.07, 6.45) is 14.9. The highest BCUT2D eigenvalue weighted by molar-refractivity contribution is 6.74. The van der Waals surface area contributed by atoms with Gasteiger partial charge in [0.15, 0.2) is 16.6 Å². The lowest BCUT2D eigenvalue weighted by Crippen LogP contribution is -2.44. The van der Waals surface area contributed by atoms with E-state index in [4.69, 9.17) is 8.85 Å². The summed E-state index contributed by atoms with van der Waals surface area (Å²) in [7, 11) is -3.20. The lowest BCUT2D eigenvalue weighted by atomic mass is 10.0. The van der Waals surface area contributed by atoms with Gasteiger partial charge in [0.25, 0.3) is 0 Å². The summed E-state index contributed by atoms with van der Waals surface area (Å²) in [6, 6.07) is 0. The molecule has 1 atom stereocenters. The molecule has 0 rings (SSSR count). The van der Waals surface area contributed by atoms with E-state index in [1.165, 1.54) is 70.6 Å². The van der Waals surface area contributed by atoms with Crippen LogP contribution in [0.2, 0.25) is 36.3 Å². The Morgan fingerprint density at radius 2 is 1.03 bits per heavy atom. The first kappa shape index (κ1) is 30.4. The van der Waals surface area contributed by atoms with Gasteiger partial charge in [-0.15, -0.1) is 0 Å². The average molecular weight is 459 g/mol. The van der Waals surface area contributed by atoms with Crippen molar-refractivity contribution < 1.29 is 8.85 Å². The van der Waals surface area contributed by atoms with Crippen molar-refractivity contribution in [3.63, 3.8) is 0 Å². The Balaban J connectivity index is 3.97. The van der Waals surface area contributed by atoms with Crippen molar-refractivity contribution >= 4 is 16.6 Å². The normalized spacial score (nSPS) is 14.9. The van der Waals surface area contributed by atoms with E-state index in [-0.39, 0.29) is 0 Å². The van der Waals surface area contributed by atoms with Crippen molar-refractivity contribution in [1.82, 2.24) is 0 Å². The van der Waals surface area contributed by atoms with Gasteiger partial charge in [-0.2, -0.15) is 0 Å². The van der Waals surface area contributed by atoms with Crippen molar-refractivity contribution in [3.05, 3.63) is 0 Å². The van der Waals surface area contributed by atoms with Crippen LogP contribution in [0.4, 0.5) is 0 Å². The van der Waals surface area contributed by atoms with Crippen LogP contribution in [0.15, 0.2) is 0 Å². The van der Waals surface area contributed by atoms with Gasteiger partial charge in [0, 0.05) is 12.7 Å². The number of hydrogen-bond donors (Lipinski definition) is 0. The van der Waals surface area contributed by atoms with Crippen molar-refractivity contribution in [2.24, 2.45) is 0 Å². The van der Waals surface area contributed by atoms with Gasteiger partial charge in [0.1, 0.15) is 0 Å². The summed E-state index contributed by atoms with van der Waals surface area (Å²) in [5.41, 5.74) is 0. The van der Waals surface area contributed by atoms with Gasteiger partial charge in [-0.3, -0.25) is 0 Å². The van der Waals surface area contributed by atoms with Gasteiger partial charge in [-0.05, 0) is 55.5 Å². The Labute approximate surface area is 193 Å². The van der Waals surface area contributed by atoms with Crippen molar-refractivity contribution in [3.8, 4) is 0 Å². The first-order chi connectivity index (χ1) is 13.6. The molecule has 0 aliphatic carbocycles. The van der Waals surface area contributed by atoms with Crippen LogP contribution in [-0.4, -0.2) is 29.3 Å². The Bertz CT molecular complexity index is 433. The summed E-state index contributed by atoms with van der Waals surface area (Å²) in [6.45, 7) is 26.8. The molecule has 30 heavy (non-hydrogen) atoms. The zero-order chi connectivity index (χ0) is 23.5. The summed E-state index contributed by atoms with van der Waals surface area (Å²) in [5, 5.41) is 0.641. The summed E-state index contributed by atoms with van der Waals surface area (Å²) < 4.78 is 13.0. The zero-order valence-electron chi connectivity index (χ0n) is 22.9. The van der Waals surface area contributed by atoms with E-state index in [2.05, 4.69) is 74.7 Å². The zero-order valence-corrected chi connectivity index (χ0v) is 24.9. The van der Waals surface area contributed by atoms with E-state index in [0.717, 1.165) is 6.61 Å². The Hall–Kier alpha value is 0.354. The first-order valence-corrected chi connectivity index (χ1v) is 18.8. The van der Waals surface area contributed by atoms with E-state index in [0.29, 0.717) is 16.2 Å². The molecule has 0 saturated carbocycles. The van der Waals surface area contributed by atoms with Crippen LogP contribution in [0.3, 0.4) is 0 Å². The molecule has 0 aromatic carbocycles. The number of rotatable bonds is 16. The topological polar surface area (TPSA) is 18.5 Å². The monoisotopic (exact) mass is 458 g/mol. The van der Waals surface area contributed by atoms with E-state index >= 15 is 0 Å². The Morgan fingerprint density at radius 1 is 0.600 bits per heavy atom. The SMILES string of the molecule is CCCCC(CCCCCCCCCO[Si](C)(C)C(C)(C)C)O[Si](C)(C)C(C)(C)C. The molecule has 1 unspecified atom stereocenters. The second kappa shape index (κ2) is 13.8. The van der Waals surface area contributed by atoms with E-state index in [1.807, 2.05) is 0 Å². The molecule has 0 radical (unpaired) electrons. The van der Waals surface area contributed by atoms with Gasteiger partial charge in [0.2, 0.25) is 0 Å². The molecule has 0 aromatic heterocycles. The molecule has 0 spiro atoms. The van der Waals surface area contributed by atoms with Crippen LogP contribution in [0.1, 0.15) is 119 Å². The van der Waals surface area contributed by atoms with E-state index in [9.17, 15) is 0 Å². The molecule has 4 heteroatoms. The lowest BCUT2D eigenvalue weighted by Gasteiger charge is -2.39. The quantitative estimate of drug-likeness (QED) is 0.169. The predicted octanol–water partition coefficient (Wildman–Crippen LogP) is 9.71. The highest BCUT2D eigenvalue weighted by Gasteiger charge is 2.39. The van der Waals surface area contributed by atoms with Gasteiger partial charge >= 0.3 is 0 Å². The molecule has 182 valence electrons. The maximum absolute atomic E-state index is 6.76. The molecule has 0 saturated heterocycles. The minimum Gasteiger partial charge on any atom is -0.417 e. The molecule has 2 nitrogen and oxygen atoms in total. The molecular formula is C26H58O2Si2. The summed E-state index contributed by atoms with van der Waals surface area (Å²) in [5.74, 6) is 0. The van der Waals surface area contributed by atoms with Gasteiger partial charge in [0.05, 0.1) is 0 Å². The third-order valence-electron chi connectivity index (χ3n) is 7.59. The number of hydrogen-bond acceptors (Lipinski definition) is 2. The molecule has 0 aliphatic heterocycles. The van der Waals surface area contributed by atoms with Crippen LogP contribution in [0.5, 0.6) is 0 Å². The minimum atomic E-state index is -1.65. The molecular weight excluding hydrogens is 400 g/mol. The first-order valence-electron chi connectivity index (χ1n) is 13.0. The average Bonchev–Trinajstić information content (AvgIpc) is 2.58. The van der Waals surface area contributed by atoms with Gasteiger partial charge in [-0.1, -0.05) is 99.8 Å². The third kappa shape index (κ3) is 12.4. The van der Waals surface area contributed by atoms with Crippen LogP contribution in [0.25, 0.3) is 0 Å². The summed E-state index contributed by atoms with van der Waals surface area (Å²) in [4.78, 5) is 0. The van der Waals surface area contributed by atoms with Crippen molar-refractivity contribution in [2.45, 2.75) is 161 Å². The highest BCUT2D eigenvalue weighted by atomic mass is 28.4. The van der Waals surface area contributed by atoms with Gasteiger partial charge in [-0.25, -0.2) is 0 Å². The molecule has 0 amide bonds. The molecule has 0 aromatic rings. The maximum atomic E-state index is 6.76. The Kier molecular flexibility index (Phi) is 14.0. The van der Waals surface area contributed by atoms with Gasteiger partial charge < -0.3 is 8.85 Å². The lowest BCUT2D eigenvalue weighted by molar-refractivity contribution is 0.155. The molecule has 0 bridgehead atoms. The fourth-order valence-electron chi connectivity index (χ4n) is 3.19. The second-order valence-corrected chi connectivity index (χ2v) is 22.1. The Morgan fingerprint density at radius 3 is 1.50 bits per heavy atom. The fourth-order valence-corrected chi connectivity index (χ4v) is 5.70. The molecule has 0 heterocycles. The minimum absolute atomic E-state index is 0.311. The second-order valence-electron chi connectivity index (χ2n) is 12.5. The maximum Gasteiger partial charge on any atom is 0.192 e. The van der Waals surface area contributed by atoms with Crippen LogP contribution in [-0.2, 0) is 8.85 Å². The van der Waals surface area contributed by atoms with Crippen molar-refractivity contribution in [2.75, 3.05) is 6.61 Å². The fraction of sp³-hybridized carbons (Fsp3) is 1.00. The standard InChI is InChI=1S/C26H58O2Si2/c1-12-13-21-24(28-30(10,11)26(5,6)7)22-19-17-15-14-16-18-20-23-27-29(8,9)25(2,3)4/h24H,12-23H2,1-11H3.